The van der Waals surface area contributed by atoms with Crippen molar-refractivity contribution in [2.75, 3.05) is 6.54 Å². The first-order valence-corrected chi connectivity index (χ1v) is 6.58. The van der Waals surface area contributed by atoms with Gasteiger partial charge in [-0.2, -0.15) is 4.98 Å². The standard InChI is InChI=1S/C15H21N3O/c1-10(2)11-5-7-12(8-6-11)13-17-14(19-18-13)15(3,4)9-16/h5-8,10H,9,16H2,1-4H3. The van der Waals surface area contributed by atoms with Crippen molar-refractivity contribution < 1.29 is 4.52 Å². The number of rotatable bonds is 4. The van der Waals surface area contributed by atoms with Gasteiger partial charge in [-0.1, -0.05) is 43.3 Å². The Kier molecular flexibility index (Phi) is 3.71. The molecular formula is C15H21N3O. The Labute approximate surface area is 114 Å². The Morgan fingerprint density at radius 3 is 2.37 bits per heavy atom. The van der Waals surface area contributed by atoms with Gasteiger partial charge in [0.25, 0.3) is 0 Å². The summed E-state index contributed by atoms with van der Waals surface area (Å²) in [6, 6.07) is 8.26. The molecule has 2 N–H and O–H groups in total. The van der Waals surface area contributed by atoms with Gasteiger partial charge in [0.1, 0.15) is 0 Å². The van der Waals surface area contributed by atoms with Crippen molar-refractivity contribution in [1.29, 1.82) is 0 Å². The van der Waals surface area contributed by atoms with Gasteiger partial charge in [0.15, 0.2) is 0 Å². The van der Waals surface area contributed by atoms with Crippen molar-refractivity contribution in [3.63, 3.8) is 0 Å². The lowest BCUT2D eigenvalue weighted by molar-refractivity contribution is 0.311. The summed E-state index contributed by atoms with van der Waals surface area (Å²) in [5.74, 6) is 1.72. The summed E-state index contributed by atoms with van der Waals surface area (Å²) in [5.41, 5.74) is 7.69. The minimum absolute atomic E-state index is 0.289. The van der Waals surface area contributed by atoms with Crippen LogP contribution in [0.2, 0.25) is 0 Å². The molecule has 0 radical (unpaired) electrons. The minimum atomic E-state index is -0.289. The van der Waals surface area contributed by atoms with Gasteiger partial charge in [0.05, 0.1) is 5.41 Å². The molecule has 0 atom stereocenters. The number of nitrogens with zero attached hydrogens (tertiary/aromatic N) is 2. The third-order valence-corrected chi connectivity index (χ3v) is 3.35. The van der Waals surface area contributed by atoms with Gasteiger partial charge >= 0.3 is 0 Å². The Bertz CT molecular complexity index is 541. The second-order valence-electron chi connectivity index (χ2n) is 5.79. The number of nitrogens with two attached hydrogens (primary N) is 1. The molecule has 4 nitrogen and oxygen atoms in total. The predicted octanol–water partition coefficient (Wildman–Crippen LogP) is 3.10. The predicted molar refractivity (Wildman–Crippen MR) is 75.9 cm³/mol. The van der Waals surface area contributed by atoms with E-state index in [1.165, 1.54) is 5.56 Å². The van der Waals surface area contributed by atoms with Gasteiger partial charge in [0, 0.05) is 12.1 Å². The summed E-state index contributed by atoms with van der Waals surface area (Å²) in [6.07, 6.45) is 0. The van der Waals surface area contributed by atoms with E-state index in [0.717, 1.165) is 5.56 Å². The molecule has 4 heteroatoms. The largest absolute Gasteiger partial charge is 0.338 e. The fraction of sp³-hybridized carbons (Fsp3) is 0.467. The maximum Gasteiger partial charge on any atom is 0.233 e. The van der Waals surface area contributed by atoms with E-state index in [-0.39, 0.29) is 5.41 Å². The molecule has 0 fully saturated rings. The highest BCUT2D eigenvalue weighted by Gasteiger charge is 2.26. The molecule has 2 aromatic rings. The molecule has 0 spiro atoms. The second-order valence-corrected chi connectivity index (χ2v) is 5.79. The van der Waals surface area contributed by atoms with Crippen molar-refractivity contribution in [1.82, 2.24) is 10.1 Å². The third-order valence-electron chi connectivity index (χ3n) is 3.35. The normalized spacial score (nSPS) is 12.1. The molecule has 1 heterocycles. The van der Waals surface area contributed by atoms with Crippen LogP contribution < -0.4 is 5.73 Å². The van der Waals surface area contributed by atoms with Crippen molar-refractivity contribution in [2.24, 2.45) is 5.73 Å². The fourth-order valence-corrected chi connectivity index (χ4v) is 1.72. The van der Waals surface area contributed by atoms with Crippen LogP contribution in [0.1, 0.15) is 45.1 Å². The van der Waals surface area contributed by atoms with Crippen LogP contribution in [-0.2, 0) is 5.41 Å². The van der Waals surface area contributed by atoms with Crippen LogP contribution in [0, 0.1) is 0 Å². The lowest BCUT2D eigenvalue weighted by atomic mass is 9.94. The zero-order valence-corrected chi connectivity index (χ0v) is 12.0. The van der Waals surface area contributed by atoms with Gasteiger partial charge in [-0.3, -0.25) is 0 Å². The zero-order chi connectivity index (χ0) is 14.0. The molecule has 2 rings (SSSR count). The van der Waals surface area contributed by atoms with Gasteiger partial charge in [-0.05, 0) is 25.3 Å². The lowest BCUT2D eigenvalue weighted by Crippen LogP contribution is -2.28. The van der Waals surface area contributed by atoms with E-state index in [0.29, 0.717) is 24.2 Å². The van der Waals surface area contributed by atoms with E-state index in [4.69, 9.17) is 10.3 Å². The number of aromatic nitrogens is 2. The van der Waals surface area contributed by atoms with E-state index < -0.39 is 0 Å². The highest BCUT2D eigenvalue weighted by Crippen LogP contribution is 2.24. The second kappa shape index (κ2) is 5.13. The Balaban J connectivity index is 2.28. The highest BCUT2D eigenvalue weighted by atomic mass is 16.5. The van der Waals surface area contributed by atoms with Gasteiger partial charge in [-0.15, -0.1) is 0 Å². The zero-order valence-electron chi connectivity index (χ0n) is 12.0. The number of benzene rings is 1. The van der Waals surface area contributed by atoms with E-state index in [9.17, 15) is 0 Å². The van der Waals surface area contributed by atoms with E-state index in [1.807, 2.05) is 26.0 Å². The summed E-state index contributed by atoms with van der Waals surface area (Å²) in [7, 11) is 0. The van der Waals surface area contributed by atoms with Gasteiger partial charge in [-0.25, -0.2) is 0 Å². The molecule has 0 saturated heterocycles. The topological polar surface area (TPSA) is 64.9 Å². The maximum absolute atomic E-state index is 5.71. The van der Waals surface area contributed by atoms with E-state index in [2.05, 4.69) is 36.1 Å². The summed E-state index contributed by atoms with van der Waals surface area (Å²) in [4.78, 5) is 4.44. The summed E-state index contributed by atoms with van der Waals surface area (Å²) in [5, 5.41) is 4.03. The van der Waals surface area contributed by atoms with Crippen LogP contribution in [0.4, 0.5) is 0 Å². The maximum atomic E-state index is 5.71. The van der Waals surface area contributed by atoms with Gasteiger partial charge in [0.2, 0.25) is 11.7 Å². The van der Waals surface area contributed by atoms with Crippen LogP contribution in [0.25, 0.3) is 11.4 Å². The molecule has 0 unspecified atom stereocenters. The molecular weight excluding hydrogens is 238 g/mol. The van der Waals surface area contributed by atoms with Crippen molar-refractivity contribution >= 4 is 0 Å². The molecule has 0 saturated carbocycles. The first-order chi connectivity index (χ1) is 8.94. The van der Waals surface area contributed by atoms with Crippen molar-refractivity contribution in [3.8, 4) is 11.4 Å². The molecule has 19 heavy (non-hydrogen) atoms. The number of hydrogen-bond acceptors (Lipinski definition) is 4. The summed E-state index contributed by atoms with van der Waals surface area (Å²) < 4.78 is 5.31. The average Bonchev–Trinajstić information content (AvgIpc) is 2.89. The fourth-order valence-electron chi connectivity index (χ4n) is 1.72. The smallest absolute Gasteiger partial charge is 0.233 e. The van der Waals surface area contributed by atoms with Gasteiger partial charge < -0.3 is 10.3 Å². The van der Waals surface area contributed by atoms with Crippen LogP contribution in [0.15, 0.2) is 28.8 Å². The van der Waals surface area contributed by atoms with E-state index in [1.54, 1.807) is 0 Å². The molecule has 0 aliphatic carbocycles. The summed E-state index contributed by atoms with van der Waals surface area (Å²) >= 11 is 0. The van der Waals surface area contributed by atoms with Crippen LogP contribution in [-0.4, -0.2) is 16.7 Å². The first-order valence-electron chi connectivity index (χ1n) is 6.58. The molecule has 0 aliphatic rings. The molecule has 1 aromatic heterocycles. The first kappa shape index (κ1) is 13.7. The monoisotopic (exact) mass is 259 g/mol. The SMILES string of the molecule is CC(C)c1ccc(-c2noc(C(C)(C)CN)n2)cc1. The Morgan fingerprint density at radius 1 is 1.21 bits per heavy atom. The van der Waals surface area contributed by atoms with Crippen LogP contribution in [0.3, 0.4) is 0 Å². The summed E-state index contributed by atoms with van der Waals surface area (Å²) in [6.45, 7) is 8.80. The average molecular weight is 259 g/mol. The molecule has 0 amide bonds. The Morgan fingerprint density at radius 2 is 1.84 bits per heavy atom. The van der Waals surface area contributed by atoms with Crippen LogP contribution >= 0.6 is 0 Å². The third kappa shape index (κ3) is 2.84. The number of hydrogen-bond donors (Lipinski definition) is 1. The molecule has 102 valence electrons. The van der Waals surface area contributed by atoms with Crippen LogP contribution in [0.5, 0.6) is 0 Å². The quantitative estimate of drug-likeness (QED) is 0.916. The van der Waals surface area contributed by atoms with E-state index >= 15 is 0 Å². The highest BCUT2D eigenvalue weighted by molar-refractivity contribution is 5.55. The molecule has 0 bridgehead atoms. The minimum Gasteiger partial charge on any atom is -0.338 e. The molecule has 0 aliphatic heterocycles. The van der Waals surface area contributed by atoms with Crippen molar-refractivity contribution in [2.45, 2.75) is 39.0 Å². The lowest BCUT2D eigenvalue weighted by Gasteiger charge is -2.15. The molecule has 1 aromatic carbocycles. The Hall–Kier alpha value is -1.68. The van der Waals surface area contributed by atoms with Crippen molar-refractivity contribution in [3.05, 3.63) is 35.7 Å².